The van der Waals surface area contributed by atoms with E-state index in [9.17, 15) is 0 Å². The number of aryl methyl sites for hydroxylation is 1. The lowest BCUT2D eigenvalue weighted by Gasteiger charge is -2.11. The molecule has 0 saturated carbocycles. The van der Waals surface area contributed by atoms with Gasteiger partial charge in [0, 0.05) is 75.9 Å². The molecule has 0 aliphatic heterocycles. The van der Waals surface area contributed by atoms with Gasteiger partial charge in [0.05, 0.1) is 17.8 Å². The van der Waals surface area contributed by atoms with Gasteiger partial charge in [-0.15, -0.1) is 11.3 Å². The molecule has 7 aromatic carbocycles. The second kappa shape index (κ2) is 15.6. The minimum atomic E-state index is 0.553. The molecule has 0 atom stereocenters. The number of nitrogens with zero attached hydrogens (tertiary/aromatic N) is 2. The largest absolute Gasteiger partial charge is 0.456 e. The minimum Gasteiger partial charge on any atom is -0.456 e. The number of furan rings is 2. The highest BCUT2D eigenvalue weighted by Gasteiger charge is 2.19. The van der Waals surface area contributed by atoms with Crippen LogP contribution < -0.4 is 0 Å². The van der Waals surface area contributed by atoms with Gasteiger partial charge in [0.2, 0.25) is 0 Å². The molecular weight excluding hydrogens is 789 g/mol. The molecule has 0 N–H and O–H groups in total. The molecule has 4 nitrogen and oxygen atoms in total. The number of fused-ring (bicyclic) bond motifs is 8. The number of benzene rings is 7. The summed E-state index contributed by atoms with van der Waals surface area (Å²) in [6, 6.07) is 49.9. The monoisotopic (exact) mass is 830 g/mol. The van der Waals surface area contributed by atoms with Gasteiger partial charge in [0.1, 0.15) is 22.5 Å². The lowest BCUT2D eigenvalue weighted by Crippen LogP contribution is -1.96. The summed E-state index contributed by atoms with van der Waals surface area (Å²) in [7, 11) is 0. The van der Waals surface area contributed by atoms with Crippen LogP contribution in [0.1, 0.15) is 40.6 Å². The number of aliphatic imine (C=N–C) groups is 1. The number of hydrogen-bond acceptors (Lipinski definition) is 4. The van der Waals surface area contributed by atoms with Gasteiger partial charge in [0.15, 0.2) is 0 Å². The predicted octanol–water partition coefficient (Wildman–Crippen LogP) is 16.8. The molecule has 0 aliphatic carbocycles. The average Bonchev–Trinajstić information content (AvgIpc) is 4.07. The van der Waals surface area contributed by atoms with Gasteiger partial charge in [-0.25, -0.2) is 0 Å². The molecule has 0 bridgehead atoms. The maximum Gasteiger partial charge on any atom is 0.142 e. The van der Waals surface area contributed by atoms with Crippen molar-refractivity contribution in [1.29, 1.82) is 0 Å². The van der Waals surface area contributed by atoms with E-state index in [2.05, 4.69) is 171 Å². The molecule has 302 valence electrons. The Labute approximate surface area is 369 Å². The Bertz CT molecular complexity index is 3710. The van der Waals surface area contributed by atoms with Gasteiger partial charge in [-0.05, 0) is 96.8 Å². The summed E-state index contributed by atoms with van der Waals surface area (Å²) in [6.07, 6.45) is 13.9. The third kappa shape index (κ3) is 6.39. The summed E-state index contributed by atoms with van der Waals surface area (Å²) in [5.74, 6) is 0.853. The van der Waals surface area contributed by atoms with Gasteiger partial charge in [-0.1, -0.05) is 128 Å². The van der Waals surface area contributed by atoms with Crippen molar-refractivity contribution >= 4 is 99.8 Å². The number of para-hydroxylation sites is 2. The molecule has 0 amide bonds. The lowest BCUT2D eigenvalue weighted by atomic mass is 9.97. The van der Waals surface area contributed by atoms with Crippen LogP contribution in [0, 0.1) is 6.92 Å². The first-order valence-electron chi connectivity index (χ1n) is 21.2. The first kappa shape index (κ1) is 38.2. The summed E-state index contributed by atoms with van der Waals surface area (Å²) in [5, 5.41) is 6.95. The van der Waals surface area contributed by atoms with Crippen LogP contribution in [0.25, 0.3) is 110 Å². The molecule has 0 radical (unpaired) electrons. The fourth-order valence-corrected chi connectivity index (χ4v) is 10.4. The van der Waals surface area contributed by atoms with E-state index in [1.54, 1.807) is 6.08 Å². The van der Waals surface area contributed by atoms with Crippen LogP contribution in [0.2, 0.25) is 0 Å². The van der Waals surface area contributed by atoms with Crippen molar-refractivity contribution in [1.82, 2.24) is 4.57 Å². The fraction of sp³-hybridized carbons (Fsp3) is 0.0517. The molecule has 0 saturated heterocycles. The van der Waals surface area contributed by atoms with Gasteiger partial charge in [0.25, 0.3) is 0 Å². The molecule has 11 aromatic rings. The van der Waals surface area contributed by atoms with E-state index in [0.717, 1.165) is 94.5 Å². The van der Waals surface area contributed by atoms with Crippen LogP contribution >= 0.6 is 11.3 Å². The van der Waals surface area contributed by atoms with Crippen molar-refractivity contribution in [3.05, 3.63) is 205 Å². The van der Waals surface area contributed by atoms with Crippen LogP contribution in [-0.2, 0) is 6.54 Å². The topological polar surface area (TPSA) is 43.6 Å². The smallest absolute Gasteiger partial charge is 0.142 e. The molecule has 4 aromatic heterocycles. The van der Waals surface area contributed by atoms with E-state index in [4.69, 9.17) is 13.8 Å². The number of aromatic nitrogens is 1. The predicted molar refractivity (Wildman–Crippen MR) is 271 cm³/mol. The zero-order valence-electron chi connectivity index (χ0n) is 35.1. The Morgan fingerprint density at radius 1 is 0.667 bits per heavy atom. The first-order chi connectivity index (χ1) is 31.0. The van der Waals surface area contributed by atoms with Crippen LogP contribution in [-0.4, -0.2) is 10.8 Å². The lowest BCUT2D eigenvalue weighted by molar-refractivity contribution is 0.602. The van der Waals surface area contributed by atoms with Crippen molar-refractivity contribution in [2.45, 2.75) is 20.4 Å². The van der Waals surface area contributed by atoms with Gasteiger partial charge >= 0.3 is 0 Å². The number of hydrogen-bond donors (Lipinski definition) is 0. The van der Waals surface area contributed by atoms with E-state index >= 15 is 0 Å². The van der Waals surface area contributed by atoms with Gasteiger partial charge in [-0.2, -0.15) is 0 Å². The minimum absolute atomic E-state index is 0.553. The van der Waals surface area contributed by atoms with Crippen molar-refractivity contribution in [3.8, 4) is 27.9 Å². The Morgan fingerprint density at radius 2 is 1.48 bits per heavy atom. The van der Waals surface area contributed by atoms with Crippen molar-refractivity contribution in [3.63, 3.8) is 0 Å². The standard InChI is InChI=1S/C58H42N2O2S/c1-5-8-21-51-36(4)43-17-12-19-45(58(43)62-51)38-26-24-37(25-27-38)34-59-35-40-15-11-22-53-56(40)47-32-39(28-30-52(47)61-53)44-18-13-23-55-57(44)48-33-41(29-31-54(48)63-55)60-49(14-6-2)42(7-3)46-16-9-10-20-50(46)60/h5-33,35H,1,3,34H2,2,4H3/b14-6-,21-8-,59-35?. The molecule has 0 spiro atoms. The Kier molecular flexibility index (Phi) is 9.48. The number of thiophene rings is 1. The quantitative estimate of drug-likeness (QED) is 0.102. The highest BCUT2D eigenvalue weighted by Crippen LogP contribution is 2.43. The summed E-state index contributed by atoms with van der Waals surface area (Å²) < 4.78 is 17.7. The Hall–Kier alpha value is -7.73. The molecular formula is C58H42N2O2S. The highest BCUT2D eigenvalue weighted by molar-refractivity contribution is 7.26. The van der Waals surface area contributed by atoms with E-state index in [1.165, 1.54) is 31.1 Å². The molecule has 11 rings (SSSR count). The van der Waals surface area contributed by atoms with Crippen LogP contribution in [0.5, 0.6) is 0 Å². The van der Waals surface area contributed by atoms with Crippen molar-refractivity contribution < 1.29 is 8.83 Å². The molecule has 63 heavy (non-hydrogen) atoms. The van der Waals surface area contributed by atoms with Gasteiger partial charge in [-0.3, -0.25) is 4.99 Å². The summed E-state index contributed by atoms with van der Waals surface area (Å²) >= 11 is 1.84. The van der Waals surface area contributed by atoms with E-state index in [0.29, 0.717) is 6.54 Å². The number of allylic oxidation sites excluding steroid dienone is 3. The molecule has 0 unspecified atom stereocenters. The molecule has 0 fully saturated rings. The second-order valence-corrected chi connectivity index (χ2v) is 17.0. The molecule has 5 heteroatoms. The third-order valence-electron chi connectivity index (χ3n) is 12.2. The maximum absolute atomic E-state index is 6.46. The maximum atomic E-state index is 6.46. The summed E-state index contributed by atoms with van der Waals surface area (Å²) in [4.78, 5) is 4.96. The highest BCUT2D eigenvalue weighted by atomic mass is 32.1. The zero-order valence-corrected chi connectivity index (χ0v) is 35.9. The second-order valence-electron chi connectivity index (χ2n) is 15.9. The summed E-state index contributed by atoms with van der Waals surface area (Å²) in [6.45, 7) is 12.7. The van der Waals surface area contributed by atoms with E-state index in [1.807, 2.05) is 47.9 Å². The van der Waals surface area contributed by atoms with Gasteiger partial charge < -0.3 is 13.4 Å². The molecule has 0 aliphatic rings. The van der Waals surface area contributed by atoms with Crippen LogP contribution in [0.15, 0.2) is 185 Å². The average molecular weight is 831 g/mol. The third-order valence-corrected chi connectivity index (χ3v) is 13.3. The SMILES string of the molecule is C=C/C=C\c1oc2c(-c3ccc(CN=Cc4cccc5oc6ccc(-c7cccc8sc9ccc(-n%10c(/C=C\C)c(C=C)c%11ccccc%11%10)cc9c78)cc6c45)cc3)cccc2c1C. The van der Waals surface area contributed by atoms with Crippen LogP contribution in [0.4, 0.5) is 0 Å². The van der Waals surface area contributed by atoms with E-state index < -0.39 is 0 Å². The summed E-state index contributed by atoms with van der Waals surface area (Å²) in [5.41, 5.74) is 14.9. The van der Waals surface area contributed by atoms with Crippen LogP contribution in [0.3, 0.4) is 0 Å². The van der Waals surface area contributed by atoms with E-state index in [-0.39, 0.29) is 0 Å². The fourth-order valence-electron chi connectivity index (χ4n) is 9.27. The Morgan fingerprint density at radius 3 is 2.33 bits per heavy atom. The van der Waals surface area contributed by atoms with Crippen molar-refractivity contribution in [2.24, 2.45) is 4.99 Å². The van der Waals surface area contributed by atoms with Crippen molar-refractivity contribution in [2.75, 3.05) is 0 Å². The Balaban J connectivity index is 0.940. The number of rotatable bonds is 10. The first-order valence-corrected chi connectivity index (χ1v) is 22.0. The molecule has 4 heterocycles. The normalized spacial score (nSPS) is 12.3. The zero-order chi connectivity index (χ0) is 42.6.